The van der Waals surface area contributed by atoms with Crippen molar-refractivity contribution in [2.75, 3.05) is 0 Å². The molecule has 2 aromatic heterocycles. The molecular weight excluding hydrogens is 226 g/mol. The lowest BCUT2D eigenvalue weighted by Crippen LogP contribution is -1.96. The van der Waals surface area contributed by atoms with Gasteiger partial charge in [-0.25, -0.2) is 14.8 Å². The Morgan fingerprint density at radius 3 is 3.00 bits per heavy atom. The number of carboxylic acids is 1. The van der Waals surface area contributed by atoms with Crippen LogP contribution >= 0.6 is 11.3 Å². The molecule has 2 heterocycles. The molecule has 0 aliphatic heterocycles. The minimum Gasteiger partial charge on any atom is -0.477 e. The fraction of sp³-hybridized carbons (Fsp3) is 0. The third kappa shape index (κ3) is 1.76. The van der Waals surface area contributed by atoms with Gasteiger partial charge in [0.1, 0.15) is 16.6 Å². The predicted molar refractivity (Wildman–Crippen MR) is 57.0 cm³/mol. The van der Waals surface area contributed by atoms with E-state index in [1.807, 2.05) is 6.07 Å². The van der Waals surface area contributed by atoms with Crippen LogP contribution in [0.1, 0.15) is 15.4 Å². The molecule has 78 valence electrons. The van der Waals surface area contributed by atoms with Gasteiger partial charge in [0.15, 0.2) is 0 Å². The number of aromatic carboxylic acids is 1. The molecule has 0 radical (unpaired) electrons. The fourth-order valence-corrected chi connectivity index (χ4v) is 1.89. The van der Waals surface area contributed by atoms with E-state index in [4.69, 9.17) is 10.4 Å². The summed E-state index contributed by atoms with van der Waals surface area (Å²) in [5.74, 6) is -1.02. The van der Waals surface area contributed by atoms with Gasteiger partial charge in [-0.3, -0.25) is 0 Å². The minimum atomic E-state index is -1.02. The van der Waals surface area contributed by atoms with Crippen molar-refractivity contribution in [3.05, 3.63) is 34.4 Å². The van der Waals surface area contributed by atoms with Crippen molar-refractivity contribution in [3.8, 4) is 17.3 Å². The summed E-state index contributed by atoms with van der Waals surface area (Å²) in [7, 11) is 0. The van der Waals surface area contributed by atoms with Gasteiger partial charge in [0.2, 0.25) is 0 Å². The Balaban J connectivity index is 2.55. The van der Waals surface area contributed by atoms with Gasteiger partial charge in [-0.15, -0.1) is 11.3 Å². The first-order valence-corrected chi connectivity index (χ1v) is 5.13. The number of hydrogen-bond donors (Lipinski definition) is 1. The molecule has 0 unspecified atom stereocenters. The van der Waals surface area contributed by atoms with Crippen LogP contribution < -0.4 is 0 Å². The third-order valence-corrected chi connectivity index (χ3v) is 2.72. The van der Waals surface area contributed by atoms with Gasteiger partial charge in [0.05, 0.1) is 11.2 Å². The van der Waals surface area contributed by atoms with Crippen LogP contribution in [-0.4, -0.2) is 21.0 Å². The van der Waals surface area contributed by atoms with Crippen LogP contribution in [0.25, 0.3) is 11.3 Å². The normalized spacial score (nSPS) is 9.69. The Hall–Kier alpha value is -2.26. The standard InChI is InChI=1S/C10H5N3O2S/c11-4-7-3-6(1-2-12-7)8-9(10(14)15)16-5-13-8/h1-3,5H,(H,14,15). The monoisotopic (exact) mass is 231 g/mol. The summed E-state index contributed by atoms with van der Waals surface area (Å²) < 4.78 is 0. The smallest absolute Gasteiger partial charge is 0.348 e. The van der Waals surface area contributed by atoms with Crippen LogP contribution in [0.15, 0.2) is 23.8 Å². The number of nitrogens with zero attached hydrogens (tertiary/aromatic N) is 3. The highest BCUT2D eigenvalue weighted by Gasteiger charge is 2.15. The summed E-state index contributed by atoms with van der Waals surface area (Å²) in [5, 5.41) is 17.6. The number of pyridine rings is 1. The lowest BCUT2D eigenvalue weighted by Gasteiger charge is -1.98. The van der Waals surface area contributed by atoms with Gasteiger partial charge >= 0.3 is 5.97 Å². The Morgan fingerprint density at radius 2 is 2.31 bits per heavy atom. The number of carboxylic acid groups (broad SMARTS) is 1. The first-order chi connectivity index (χ1) is 7.72. The summed E-state index contributed by atoms with van der Waals surface area (Å²) in [6.45, 7) is 0. The predicted octanol–water partition coefficient (Wildman–Crippen LogP) is 1.77. The van der Waals surface area contributed by atoms with Gasteiger partial charge in [0, 0.05) is 11.8 Å². The molecule has 1 N–H and O–H groups in total. The second kappa shape index (κ2) is 4.08. The topological polar surface area (TPSA) is 86.9 Å². The number of nitriles is 1. The van der Waals surface area contributed by atoms with Crippen LogP contribution in [0.3, 0.4) is 0 Å². The summed E-state index contributed by atoms with van der Waals surface area (Å²) in [6, 6.07) is 5.04. The van der Waals surface area contributed by atoms with E-state index in [9.17, 15) is 4.79 Å². The molecule has 0 saturated carbocycles. The maximum Gasteiger partial charge on any atom is 0.348 e. The molecule has 0 atom stereocenters. The minimum absolute atomic E-state index is 0.162. The average Bonchev–Trinajstić information content (AvgIpc) is 2.78. The van der Waals surface area contributed by atoms with Crippen LogP contribution in [0.2, 0.25) is 0 Å². The molecule has 2 aromatic rings. The fourth-order valence-electron chi connectivity index (χ4n) is 1.24. The highest BCUT2D eigenvalue weighted by atomic mass is 32.1. The number of rotatable bonds is 2. The maximum absolute atomic E-state index is 10.9. The van der Waals surface area contributed by atoms with Crippen molar-refractivity contribution >= 4 is 17.3 Å². The molecule has 0 saturated heterocycles. The lowest BCUT2D eigenvalue weighted by molar-refractivity contribution is 0.0702. The van der Waals surface area contributed by atoms with Crippen molar-refractivity contribution in [2.45, 2.75) is 0 Å². The average molecular weight is 231 g/mol. The number of hydrogen-bond acceptors (Lipinski definition) is 5. The van der Waals surface area contributed by atoms with Crippen molar-refractivity contribution < 1.29 is 9.90 Å². The van der Waals surface area contributed by atoms with Crippen LogP contribution in [0, 0.1) is 11.3 Å². The van der Waals surface area contributed by atoms with E-state index < -0.39 is 5.97 Å². The maximum atomic E-state index is 10.9. The highest BCUT2D eigenvalue weighted by molar-refractivity contribution is 7.12. The molecule has 0 fully saturated rings. The molecule has 0 bridgehead atoms. The van der Waals surface area contributed by atoms with E-state index in [2.05, 4.69) is 9.97 Å². The van der Waals surface area contributed by atoms with Gasteiger partial charge in [-0.2, -0.15) is 5.26 Å². The molecular formula is C10H5N3O2S. The largest absolute Gasteiger partial charge is 0.477 e. The van der Waals surface area contributed by atoms with Crippen LogP contribution in [-0.2, 0) is 0 Å². The Morgan fingerprint density at radius 1 is 1.50 bits per heavy atom. The molecule has 0 amide bonds. The molecule has 0 spiro atoms. The molecule has 0 aromatic carbocycles. The van der Waals surface area contributed by atoms with E-state index in [-0.39, 0.29) is 10.6 Å². The zero-order valence-electron chi connectivity index (χ0n) is 7.91. The Bertz CT molecular complexity index is 586. The summed E-state index contributed by atoms with van der Waals surface area (Å²) in [5.41, 5.74) is 2.66. The van der Waals surface area contributed by atoms with Crippen LogP contribution in [0.4, 0.5) is 0 Å². The van der Waals surface area contributed by atoms with Gasteiger partial charge in [-0.1, -0.05) is 0 Å². The SMILES string of the molecule is N#Cc1cc(-c2ncsc2C(=O)O)ccn1. The third-order valence-electron chi connectivity index (χ3n) is 1.91. The number of aromatic nitrogens is 2. The van der Waals surface area contributed by atoms with E-state index in [1.54, 1.807) is 6.07 Å². The summed E-state index contributed by atoms with van der Waals surface area (Å²) in [6.07, 6.45) is 1.46. The summed E-state index contributed by atoms with van der Waals surface area (Å²) >= 11 is 1.05. The Labute approximate surface area is 94.6 Å². The lowest BCUT2D eigenvalue weighted by atomic mass is 10.1. The molecule has 5 nitrogen and oxygen atoms in total. The van der Waals surface area contributed by atoms with E-state index in [1.165, 1.54) is 17.8 Å². The summed E-state index contributed by atoms with van der Waals surface area (Å²) in [4.78, 5) is 18.9. The second-order valence-electron chi connectivity index (χ2n) is 2.88. The molecule has 16 heavy (non-hydrogen) atoms. The van der Waals surface area contributed by atoms with Crippen molar-refractivity contribution in [1.29, 1.82) is 5.26 Å². The van der Waals surface area contributed by atoms with Crippen molar-refractivity contribution in [3.63, 3.8) is 0 Å². The number of carbonyl (C=O) groups is 1. The second-order valence-corrected chi connectivity index (χ2v) is 3.73. The molecule has 0 aliphatic carbocycles. The van der Waals surface area contributed by atoms with E-state index >= 15 is 0 Å². The van der Waals surface area contributed by atoms with Crippen LogP contribution in [0.5, 0.6) is 0 Å². The highest BCUT2D eigenvalue weighted by Crippen LogP contribution is 2.25. The number of thiazole rings is 1. The van der Waals surface area contributed by atoms with Crippen molar-refractivity contribution in [2.24, 2.45) is 0 Å². The van der Waals surface area contributed by atoms with Gasteiger partial charge < -0.3 is 5.11 Å². The first-order valence-electron chi connectivity index (χ1n) is 4.25. The zero-order valence-corrected chi connectivity index (χ0v) is 8.73. The molecule has 0 aliphatic rings. The first kappa shape index (κ1) is 10.3. The molecule has 2 rings (SSSR count). The quantitative estimate of drug-likeness (QED) is 0.851. The Kier molecular flexibility index (Phi) is 2.62. The van der Waals surface area contributed by atoms with E-state index in [0.717, 1.165) is 11.3 Å². The van der Waals surface area contributed by atoms with E-state index in [0.29, 0.717) is 11.3 Å². The zero-order chi connectivity index (χ0) is 11.5. The van der Waals surface area contributed by atoms with Gasteiger partial charge in [0.25, 0.3) is 0 Å². The van der Waals surface area contributed by atoms with Crippen molar-refractivity contribution in [1.82, 2.24) is 9.97 Å². The molecule has 6 heteroatoms. The van der Waals surface area contributed by atoms with Gasteiger partial charge in [-0.05, 0) is 12.1 Å².